The van der Waals surface area contributed by atoms with E-state index in [1.54, 1.807) is 0 Å². The lowest BCUT2D eigenvalue weighted by molar-refractivity contribution is -0.116. The van der Waals surface area contributed by atoms with Crippen LogP contribution < -0.4 is 11.1 Å². The highest BCUT2D eigenvalue weighted by atomic mass is 32.2. The van der Waals surface area contributed by atoms with E-state index in [9.17, 15) is 4.79 Å². The predicted octanol–water partition coefficient (Wildman–Crippen LogP) is 3.85. The number of carbonyl (C=O) groups excluding carboxylic acids is 1. The summed E-state index contributed by atoms with van der Waals surface area (Å²) >= 11 is 1.39. The molecule has 0 unspecified atom stereocenters. The second-order valence-corrected chi connectivity index (χ2v) is 7.43. The van der Waals surface area contributed by atoms with Gasteiger partial charge in [0.1, 0.15) is 23.0 Å². The minimum atomic E-state index is -0.236. The molecule has 9 heteroatoms. The van der Waals surface area contributed by atoms with E-state index in [0.29, 0.717) is 27.9 Å². The smallest absolute Gasteiger partial charge is 0.264 e. The SMILES string of the molecule is CSc1nn(CC(=O)Nc2ccccc2)c(N)c1-c1nc(-c2ccc(C)cc2)no1. The molecule has 0 spiro atoms. The lowest BCUT2D eigenvalue weighted by Gasteiger charge is -2.06. The van der Waals surface area contributed by atoms with E-state index in [4.69, 9.17) is 10.3 Å². The third kappa shape index (κ3) is 4.06. The Morgan fingerprint density at radius 2 is 1.90 bits per heavy atom. The second kappa shape index (κ2) is 8.42. The Bertz CT molecular complexity index is 1170. The van der Waals surface area contributed by atoms with Crippen LogP contribution in [-0.2, 0) is 11.3 Å². The molecule has 30 heavy (non-hydrogen) atoms. The minimum Gasteiger partial charge on any atom is -0.383 e. The van der Waals surface area contributed by atoms with E-state index in [1.165, 1.54) is 16.4 Å². The first-order valence-electron chi connectivity index (χ1n) is 9.21. The summed E-state index contributed by atoms with van der Waals surface area (Å²) in [5, 5.41) is 11.9. The molecule has 0 saturated carbocycles. The summed E-state index contributed by atoms with van der Waals surface area (Å²) in [5.74, 6) is 0.787. The van der Waals surface area contributed by atoms with Gasteiger partial charge in [-0.05, 0) is 25.3 Å². The van der Waals surface area contributed by atoms with E-state index in [1.807, 2.05) is 67.8 Å². The Morgan fingerprint density at radius 1 is 1.17 bits per heavy atom. The molecule has 0 aliphatic carbocycles. The largest absolute Gasteiger partial charge is 0.383 e. The molecule has 8 nitrogen and oxygen atoms in total. The standard InChI is InChI=1S/C21H20N6O2S/c1-13-8-10-14(11-9-13)19-24-20(29-26-19)17-18(22)27(25-21(17)30-2)12-16(28)23-15-6-4-3-5-7-15/h3-11H,12,22H2,1-2H3,(H,23,28). The molecule has 2 aromatic carbocycles. The molecule has 4 aromatic rings. The Balaban J connectivity index is 1.59. The Kier molecular flexibility index (Phi) is 5.53. The van der Waals surface area contributed by atoms with Crippen molar-refractivity contribution in [2.75, 3.05) is 17.3 Å². The van der Waals surface area contributed by atoms with Crippen molar-refractivity contribution in [1.29, 1.82) is 0 Å². The molecular formula is C21H20N6O2S. The molecule has 4 rings (SSSR count). The van der Waals surface area contributed by atoms with Crippen molar-refractivity contribution in [3.8, 4) is 22.8 Å². The third-order valence-corrected chi connectivity index (χ3v) is 5.13. The van der Waals surface area contributed by atoms with Gasteiger partial charge in [-0.15, -0.1) is 11.8 Å². The number of anilines is 2. The summed E-state index contributed by atoms with van der Waals surface area (Å²) in [5.41, 5.74) is 9.52. The van der Waals surface area contributed by atoms with Crippen LogP contribution >= 0.6 is 11.8 Å². The summed E-state index contributed by atoms with van der Waals surface area (Å²) in [6.07, 6.45) is 1.87. The van der Waals surface area contributed by atoms with Gasteiger partial charge in [0.25, 0.3) is 5.89 Å². The molecule has 0 saturated heterocycles. The van der Waals surface area contributed by atoms with Crippen molar-refractivity contribution in [3.63, 3.8) is 0 Å². The maximum atomic E-state index is 12.4. The van der Waals surface area contributed by atoms with Gasteiger partial charge in [-0.25, -0.2) is 4.68 Å². The Morgan fingerprint density at radius 3 is 2.60 bits per heavy atom. The Hall–Kier alpha value is -3.59. The number of benzene rings is 2. The molecule has 3 N–H and O–H groups in total. The number of aryl methyl sites for hydroxylation is 1. The van der Waals surface area contributed by atoms with E-state index < -0.39 is 0 Å². The number of nitrogens with one attached hydrogen (secondary N) is 1. The van der Waals surface area contributed by atoms with Crippen LogP contribution in [0.2, 0.25) is 0 Å². The highest BCUT2D eigenvalue weighted by Gasteiger charge is 2.23. The number of thioether (sulfide) groups is 1. The van der Waals surface area contributed by atoms with E-state index in [-0.39, 0.29) is 18.3 Å². The number of rotatable bonds is 6. The summed E-state index contributed by atoms with van der Waals surface area (Å²) in [6, 6.07) is 17.0. The highest BCUT2D eigenvalue weighted by molar-refractivity contribution is 7.98. The van der Waals surface area contributed by atoms with Crippen LogP contribution in [0, 0.1) is 6.92 Å². The second-order valence-electron chi connectivity index (χ2n) is 6.63. The molecule has 1 amide bonds. The number of hydrogen-bond acceptors (Lipinski definition) is 7. The topological polar surface area (TPSA) is 112 Å². The fraction of sp³-hybridized carbons (Fsp3) is 0.143. The molecule has 2 heterocycles. The normalized spacial score (nSPS) is 10.9. The molecule has 0 bridgehead atoms. The van der Waals surface area contributed by atoms with Gasteiger partial charge in [-0.3, -0.25) is 4.79 Å². The van der Waals surface area contributed by atoms with Crippen LogP contribution in [0.25, 0.3) is 22.8 Å². The fourth-order valence-electron chi connectivity index (χ4n) is 2.92. The number of amides is 1. The average molecular weight is 420 g/mol. The summed E-state index contributed by atoms with van der Waals surface area (Å²) < 4.78 is 6.90. The average Bonchev–Trinajstić information content (AvgIpc) is 3.34. The monoisotopic (exact) mass is 420 g/mol. The number of para-hydroxylation sites is 1. The minimum absolute atomic E-state index is 0.0345. The quantitative estimate of drug-likeness (QED) is 0.456. The van der Waals surface area contributed by atoms with Crippen molar-refractivity contribution in [2.24, 2.45) is 0 Å². The molecule has 0 atom stereocenters. The van der Waals surface area contributed by atoms with Gasteiger partial charge in [0.15, 0.2) is 0 Å². The fourth-order valence-corrected chi connectivity index (χ4v) is 3.50. The van der Waals surface area contributed by atoms with E-state index >= 15 is 0 Å². The maximum absolute atomic E-state index is 12.4. The summed E-state index contributed by atoms with van der Waals surface area (Å²) in [6.45, 7) is 1.98. The zero-order chi connectivity index (χ0) is 21.1. The van der Waals surface area contributed by atoms with Crippen molar-refractivity contribution in [3.05, 3.63) is 60.2 Å². The van der Waals surface area contributed by atoms with Gasteiger partial charge >= 0.3 is 0 Å². The van der Waals surface area contributed by atoms with Gasteiger partial charge in [0.05, 0.1) is 0 Å². The first-order valence-corrected chi connectivity index (χ1v) is 10.4. The highest BCUT2D eigenvalue weighted by Crippen LogP contribution is 2.34. The van der Waals surface area contributed by atoms with Crippen LogP contribution in [-0.4, -0.2) is 32.1 Å². The van der Waals surface area contributed by atoms with Crippen LogP contribution in [0.4, 0.5) is 11.5 Å². The van der Waals surface area contributed by atoms with Gasteiger partial charge < -0.3 is 15.6 Å². The van der Waals surface area contributed by atoms with Gasteiger partial charge in [0.2, 0.25) is 11.7 Å². The van der Waals surface area contributed by atoms with E-state index in [2.05, 4.69) is 20.6 Å². The lowest BCUT2D eigenvalue weighted by atomic mass is 10.1. The molecular weight excluding hydrogens is 400 g/mol. The summed E-state index contributed by atoms with van der Waals surface area (Å²) in [7, 11) is 0. The number of nitrogens with zero attached hydrogens (tertiary/aromatic N) is 4. The number of nitrogen functional groups attached to an aromatic ring is 1. The van der Waals surface area contributed by atoms with Crippen LogP contribution in [0.15, 0.2) is 64.1 Å². The van der Waals surface area contributed by atoms with Crippen molar-refractivity contribution >= 4 is 29.2 Å². The first-order chi connectivity index (χ1) is 14.5. The number of carbonyl (C=O) groups is 1. The van der Waals surface area contributed by atoms with Crippen LogP contribution in [0.3, 0.4) is 0 Å². The number of hydrogen-bond donors (Lipinski definition) is 2. The van der Waals surface area contributed by atoms with Gasteiger partial charge in [-0.1, -0.05) is 53.2 Å². The molecule has 0 aliphatic heterocycles. The zero-order valence-corrected chi connectivity index (χ0v) is 17.3. The molecule has 152 valence electrons. The summed E-state index contributed by atoms with van der Waals surface area (Å²) in [4.78, 5) is 16.9. The van der Waals surface area contributed by atoms with Crippen molar-refractivity contribution < 1.29 is 9.32 Å². The van der Waals surface area contributed by atoms with E-state index in [0.717, 1.165) is 11.1 Å². The zero-order valence-electron chi connectivity index (χ0n) is 16.5. The predicted molar refractivity (Wildman–Crippen MR) is 117 cm³/mol. The third-order valence-electron chi connectivity index (χ3n) is 4.45. The molecule has 0 radical (unpaired) electrons. The lowest BCUT2D eigenvalue weighted by Crippen LogP contribution is -2.20. The van der Waals surface area contributed by atoms with Crippen molar-refractivity contribution in [2.45, 2.75) is 18.5 Å². The van der Waals surface area contributed by atoms with Gasteiger partial charge in [-0.2, -0.15) is 10.1 Å². The number of nitrogens with two attached hydrogens (primary N) is 1. The maximum Gasteiger partial charge on any atom is 0.264 e. The molecule has 0 aliphatic rings. The van der Waals surface area contributed by atoms with Crippen molar-refractivity contribution in [1.82, 2.24) is 19.9 Å². The van der Waals surface area contributed by atoms with Crippen LogP contribution in [0.1, 0.15) is 5.56 Å². The molecule has 0 fully saturated rings. The van der Waals surface area contributed by atoms with Gasteiger partial charge in [0, 0.05) is 11.3 Å². The first kappa shape index (κ1) is 19.7. The molecule has 2 aromatic heterocycles. The Labute approximate surface area is 177 Å². The van der Waals surface area contributed by atoms with Crippen LogP contribution in [0.5, 0.6) is 0 Å². The number of aromatic nitrogens is 4.